The zero-order valence-corrected chi connectivity index (χ0v) is 10.9. The molecule has 1 aliphatic heterocycles. The lowest BCUT2D eigenvalue weighted by atomic mass is 10.2. The lowest BCUT2D eigenvalue weighted by Gasteiger charge is -2.49. The number of morpholine rings is 1. The van der Waals surface area contributed by atoms with Crippen LogP contribution in [0.5, 0.6) is 0 Å². The third kappa shape index (κ3) is 2.43. The highest BCUT2D eigenvalue weighted by Gasteiger charge is 2.89. The highest BCUT2D eigenvalue weighted by Crippen LogP contribution is 2.61. The van der Waals surface area contributed by atoms with E-state index in [1.54, 1.807) is 0 Å². The molecule has 0 N–H and O–H groups in total. The average Bonchev–Trinajstić information content (AvgIpc) is 2.09. The summed E-state index contributed by atoms with van der Waals surface area (Å²) in [6.45, 7) is 0. The fourth-order valence-electron chi connectivity index (χ4n) is 1.20. The van der Waals surface area contributed by atoms with Crippen LogP contribution in [0.3, 0.4) is 0 Å². The van der Waals surface area contributed by atoms with E-state index in [1.807, 2.05) is 4.74 Å². The Bertz CT molecular complexity index is 393. The van der Waals surface area contributed by atoms with Crippen molar-refractivity contribution < 1.29 is 57.4 Å². The Labute approximate surface area is 120 Å². The quantitative estimate of drug-likeness (QED) is 0.266. The minimum absolute atomic E-state index is 0.644. The van der Waals surface area contributed by atoms with Crippen molar-refractivity contribution in [2.45, 2.75) is 34.3 Å². The molecule has 1 fully saturated rings. The third-order valence-corrected chi connectivity index (χ3v) is 2.79. The van der Waals surface area contributed by atoms with Crippen molar-refractivity contribution >= 4 is 22.6 Å². The first-order chi connectivity index (χ1) is 8.82. The fraction of sp³-hybridized carbons (Fsp3) is 1.00. The SMILES string of the molecule is FC(F)(I)C(F)(F)N1C(F)(F)C(F)(F)OC(F)(F)C1(F)F. The van der Waals surface area contributed by atoms with Gasteiger partial charge in [-0.3, -0.25) is 0 Å². The molecule has 0 aliphatic carbocycles. The van der Waals surface area contributed by atoms with Crippen LogP contribution in [0.2, 0.25) is 0 Å². The van der Waals surface area contributed by atoms with Gasteiger partial charge < -0.3 is 0 Å². The molecule has 15 heteroatoms. The van der Waals surface area contributed by atoms with E-state index < -0.39 is 61.8 Å². The van der Waals surface area contributed by atoms with Crippen molar-refractivity contribution in [2.24, 2.45) is 0 Å². The van der Waals surface area contributed by atoms with Crippen LogP contribution in [0, 0.1) is 0 Å². The molecule has 1 rings (SSSR count). The number of ether oxygens (including phenoxy) is 1. The first-order valence-corrected chi connectivity index (χ1v) is 5.36. The van der Waals surface area contributed by atoms with Gasteiger partial charge in [0.05, 0.1) is 0 Å². The summed E-state index contributed by atoms with van der Waals surface area (Å²) in [6, 6.07) is -20.5. The first-order valence-electron chi connectivity index (χ1n) is 4.29. The number of nitrogens with zero attached hydrogens (tertiary/aromatic N) is 1. The zero-order chi connectivity index (χ0) is 17.3. The maximum atomic E-state index is 13.0. The van der Waals surface area contributed by atoms with Crippen LogP contribution in [0.15, 0.2) is 0 Å². The molecule has 1 heterocycles. The van der Waals surface area contributed by atoms with Gasteiger partial charge in [0.1, 0.15) is 0 Å². The average molecular weight is 457 g/mol. The molecule has 0 radical (unpaired) electrons. The molecule has 0 amide bonds. The van der Waals surface area contributed by atoms with Gasteiger partial charge in [-0.15, -0.1) is 0 Å². The van der Waals surface area contributed by atoms with Crippen LogP contribution in [-0.4, -0.2) is 39.2 Å². The van der Waals surface area contributed by atoms with E-state index in [2.05, 4.69) is 0 Å². The normalized spacial score (nSPS) is 28.4. The number of halogens is 13. The van der Waals surface area contributed by atoms with Crippen molar-refractivity contribution in [3.63, 3.8) is 0 Å². The smallest absolute Gasteiger partial charge is 0.243 e. The maximum absolute atomic E-state index is 13.0. The van der Waals surface area contributed by atoms with Crippen molar-refractivity contribution in [1.29, 1.82) is 0 Å². The minimum Gasteiger partial charge on any atom is -0.243 e. The van der Waals surface area contributed by atoms with Crippen molar-refractivity contribution in [3.8, 4) is 0 Å². The van der Waals surface area contributed by atoms with Gasteiger partial charge >= 0.3 is 34.3 Å². The van der Waals surface area contributed by atoms with Gasteiger partial charge in [-0.1, -0.05) is 4.90 Å². The fourth-order valence-corrected chi connectivity index (χ4v) is 1.44. The zero-order valence-electron chi connectivity index (χ0n) is 8.77. The lowest BCUT2D eigenvalue weighted by Crippen LogP contribution is -2.79. The van der Waals surface area contributed by atoms with E-state index >= 15 is 0 Å². The molecule has 2 nitrogen and oxygen atoms in total. The number of alkyl halides is 13. The van der Waals surface area contributed by atoms with Gasteiger partial charge in [-0.05, 0) is 0 Å². The van der Waals surface area contributed by atoms with Gasteiger partial charge in [0.25, 0.3) is 0 Å². The summed E-state index contributed by atoms with van der Waals surface area (Å²) in [5.74, 6) is 0. The summed E-state index contributed by atoms with van der Waals surface area (Å²) < 4.78 is 149. The number of hydrogen-bond acceptors (Lipinski definition) is 2. The molecule has 1 saturated heterocycles. The van der Waals surface area contributed by atoms with E-state index in [9.17, 15) is 52.7 Å². The summed E-state index contributed by atoms with van der Waals surface area (Å²) in [4.78, 5) is -3.54. The topological polar surface area (TPSA) is 12.5 Å². The predicted octanol–water partition coefficient (Wildman–Crippen LogP) is 4.31. The molecule has 0 saturated carbocycles. The van der Waals surface area contributed by atoms with E-state index in [0.29, 0.717) is 0 Å². The summed E-state index contributed by atoms with van der Waals surface area (Å²) in [5.41, 5.74) is 0. The monoisotopic (exact) mass is 457 g/mol. The molecule has 126 valence electrons. The Morgan fingerprint density at radius 1 is 0.714 bits per heavy atom. The molecule has 0 bridgehead atoms. The molecule has 0 aromatic carbocycles. The predicted molar refractivity (Wildman–Crippen MR) is 46.6 cm³/mol. The van der Waals surface area contributed by atoms with Crippen LogP contribution in [-0.2, 0) is 4.74 Å². The largest absolute Gasteiger partial charge is 0.439 e. The Hall–Kier alpha value is -0.190. The molecular weight excluding hydrogens is 457 g/mol. The number of rotatable bonds is 2. The second kappa shape index (κ2) is 4.42. The molecule has 0 spiro atoms. The second-order valence-corrected chi connectivity index (χ2v) is 4.95. The van der Waals surface area contributed by atoms with Crippen LogP contribution in [0.1, 0.15) is 0 Å². The number of hydrogen-bond donors (Lipinski definition) is 0. The summed E-state index contributed by atoms with van der Waals surface area (Å²) in [7, 11) is 0. The summed E-state index contributed by atoms with van der Waals surface area (Å²) in [5, 5.41) is 0. The Morgan fingerprint density at radius 3 is 1.24 bits per heavy atom. The van der Waals surface area contributed by atoms with Gasteiger partial charge in [0, 0.05) is 22.6 Å². The summed E-state index contributed by atoms with van der Waals surface area (Å²) in [6.07, 6.45) is -13.2. The van der Waals surface area contributed by atoms with Crippen LogP contribution in [0.4, 0.5) is 52.7 Å². The maximum Gasteiger partial charge on any atom is 0.439 e. The van der Waals surface area contributed by atoms with Crippen molar-refractivity contribution in [1.82, 2.24) is 4.90 Å². The highest BCUT2D eigenvalue weighted by atomic mass is 127. The molecule has 1 aliphatic rings. The molecule has 0 aromatic rings. The van der Waals surface area contributed by atoms with Gasteiger partial charge in [0.2, 0.25) is 0 Å². The van der Waals surface area contributed by atoms with Crippen molar-refractivity contribution in [3.05, 3.63) is 0 Å². The molecule has 0 atom stereocenters. The first kappa shape index (κ1) is 18.9. The van der Waals surface area contributed by atoms with Crippen LogP contribution in [0.25, 0.3) is 0 Å². The van der Waals surface area contributed by atoms with E-state index in [0.717, 1.165) is 0 Å². The molecule has 0 aromatic heterocycles. The van der Waals surface area contributed by atoms with E-state index in [1.165, 1.54) is 0 Å². The highest BCUT2D eigenvalue weighted by molar-refractivity contribution is 14.1. The third-order valence-electron chi connectivity index (χ3n) is 2.14. The minimum atomic E-state index is -6.86. The van der Waals surface area contributed by atoms with Crippen LogP contribution >= 0.6 is 22.6 Å². The standard InChI is InChI=1S/C6F12INO/c7-1(8,19)2(9,10)20-3(11,12)5(15,16)21-6(17,18)4(20,13)14. The molecule has 21 heavy (non-hydrogen) atoms. The lowest BCUT2D eigenvalue weighted by molar-refractivity contribution is -0.589. The van der Waals surface area contributed by atoms with Gasteiger partial charge in [-0.25, -0.2) is 4.74 Å². The molecular formula is C6F12INO. The molecule has 0 unspecified atom stereocenters. The van der Waals surface area contributed by atoms with Crippen molar-refractivity contribution in [2.75, 3.05) is 0 Å². The van der Waals surface area contributed by atoms with E-state index in [-0.39, 0.29) is 0 Å². The Kier molecular flexibility index (Phi) is 3.97. The Balaban J connectivity index is 3.63. The Morgan fingerprint density at radius 2 is 1.00 bits per heavy atom. The second-order valence-electron chi connectivity index (χ2n) is 3.59. The van der Waals surface area contributed by atoms with E-state index in [4.69, 9.17) is 0 Å². The van der Waals surface area contributed by atoms with Crippen LogP contribution < -0.4 is 0 Å². The van der Waals surface area contributed by atoms with Gasteiger partial charge in [0.15, 0.2) is 0 Å². The van der Waals surface area contributed by atoms with Gasteiger partial charge in [-0.2, -0.15) is 52.7 Å². The summed E-state index contributed by atoms with van der Waals surface area (Å²) >= 11 is -0.644.